The van der Waals surface area contributed by atoms with Crippen LogP contribution in [0.15, 0.2) is 23.3 Å². The van der Waals surface area contributed by atoms with E-state index in [9.17, 15) is 0 Å². The SMILES string of the molecule is CC(C)=CCC[C@@]1(C)CC=C(C)[C@@H]2C[C@@H]21. The molecule has 2 aliphatic rings. The van der Waals surface area contributed by atoms with Gasteiger partial charge < -0.3 is 0 Å². The van der Waals surface area contributed by atoms with Crippen LogP contribution in [0.5, 0.6) is 0 Å². The van der Waals surface area contributed by atoms with Crippen LogP contribution in [0.4, 0.5) is 0 Å². The van der Waals surface area contributed by atoms with E-state index in [1.807, 2.05) is 0 Å². The molecule has 0 heteroatoms. The van der Waals surface area contributed by atoms with Crippen molar-refractivity contribution in [2.75, 3.05) is 0 Å². The summed E-state index contributed by atoms with van der Waals surface area (Å²) in [6.45, 7) is 9.22. The van der Waals surface area contributed by atoms with Crippen LogP contribution < -0.4 is 0 Å². The van der Waals surface area contributed by atoms with Gasteiger partial charge in [-0.25, -0.2) is 0 Å². The molecule has 84 valence electrons. The first-order valence-electron chi connectivity index (χ1n) is 6.33. The molecule has 0 amide bonds. The summed E-state index contributed by atoms with van der Waals surface area (Å²) in [7, 11) is 0. The second-order valence-corrected chi connectivity index (χ2v) is 6.08. The van der Waals surface area contributed by atoms with E-state index in [1.165, 1.54) is 31.3 Å². The Labute approximate surface area is 94.5 Å². The topological polar surface area (TPSA) is 0 Å². The van der Waals surface area contributed by atoms with Gasteiger partial charge in [-0.1, -0.05) is 30.2 Å². The Kier molecular flexibility index (Phi) is 2.79. The molecule has 0 spiro atoms. The summed E-state index contributed by atoms with van der Waals surface area (Å²) in [5.74, 6) is 1.96. The molecule has 0 unspecified atom stereocenters. The van der Waals surface area contributed by atoms with Gasteiger partial charge in [0.25, 0.3) is 0 Å². The highest BCUT2D eigenvalue weighted by Gasteiger charge is 2.51. The van der Waals surface area contributed by atoms with Gasteiger partial charge in [0.1, 0.15) is 0 Å². The summed E-state index contributed by atoms with van der Waals surface area (Å²) in [6.07, 6.45) is 10.3. The maximum atomic E-state index is 2.50. The lowest BCUT2D eigenvalue weighted by Crippen LogP contribution is -2.22. The van der Waals surface area contributed by atoms with Crippen molar-refractivity contribution in [3.8, 4) is 0 Å². The van der Waals surface area contributed by atoms with E-state index in [1.54, 1.807) is 5.57 Å². The van der Waals surface area contributed by atoms with E-state index in [-0.39, 0.29) is 0 Å². The maximum absolute atomic E-state index is 2.50. The van der Waals surface area contributed by atoms with Gasteiger partial charge >= 0.3 is 0 Å². The lowest BCUT2D eigenvalue weighted by Gasteiger charge is -2.32. The molecule has 0 radical (unpaired) electrons. The highest BCUT2D eigenvalue weighted by atomic mass is 14.6. The minimum absolute atomic E-state index is 0.607. The summed E-state index contributed by atoms with van der Waals surface area (Å²) >= 11 is 0. The van der Waals surface area contributed by atoms with Gasteiger partial charge in [0.15, 0.2) is 0 Å². The van der Waals surface area contributed by atoms with Crippen LogP contribution in [-0.4, -0.2) is 0 Å². The maximum Gasteiger partial charge on any atom is -0.0169 e. The molecule has 15 heavy (non-hydrogen) atoms. The molecule has 0 aromatic carbocycles. The van der Waals surface area contributed by atoms with Crippen molar-refractivity contribution in [1.29, 1.82) is 0 Å². The second kappa shape index (κ2) is 3.81. The predicted molar refractivity (Wildman–Crippen MR) is 66.7 cm³/mol. The first-order valence-corrected chi connectivity index (χ1v) is 6.33. The smallest absolute Gasteiger partial charge is 0.0169 e. The van der Waals surface area contributed by atoms with Crippen LogP contribution in [0.25, 0.3) is 0 Å². The Morgan fingerprint density at radius 2 is 2.27 bits per heavy atom. The van der Waals surface area contributed by atoms with Crippen molar-refractivity contribution in [2.24, 2.45) is 17.3 Å². The molecule has 2 rings (SSSR count). The minimum Gasteiger partial charge on any atom is -0.0859 e. The zero-order valence-corrected chi connectivity index (χ0v) is 10.6. The van der Waals surface area contributed by atoms with E-state index < -0.39 is 0 Å². The minimum atomic E-state index is 0.607. The van der Waals surface area contributed by atoms with Gasteiger partial charge in [-0.15, -0.1) is 0 Å². The molecule has 2 aliphatic carbocycles. The summed E-state index contributed by atoms with van der Waals surface area (Å²) in [5, 5.41) is 0. The van der Waals surface area contributed by atoms with Crippen molar-refractivity contribution >= 4 is 0 Å². The van der Waals surface area contributed by atoms with Crippen LogP contribution in [0.3, 0.4) is 0 Å². The Morgan fingerprint density at radius 1 is 1.53 bits per heavy atom. The monoisotopic (exact) mass is 204 g/mol. The summed E-state index contributed by atoms with van der Waals surface area (Å²) < 4.78 is 0. The third-order valence-electron chi connectivity index (χ3n) is 4.43. The van der Waals surface area contributed by atoms with Crippen molar-refractivity contribution < 1.29 is 0 Å². The molecule has 1 fully saturated rings. The van der Waals surface area contributed by atoms with Crippen LogP contribution in [0.2, 0.25) is 0 Å². The third-order valence-corrected chi connectivity index (χ3v) is 4.43. The average molecular weight is 204 g/mol. The van der Waals surface area contributed by atoms with E-state index in [4.69, 9.17) is 0 Å². The van der Waals surface area contributed by atoms with Gasteiger partial charge in [0, 0.05) is 0 Å². The van der Waals surface area contributed by atoms with Crippen LogP contribution >= 0.6 is 0 Å². The molecule has 3 atom stereocenters. The lowest BCUT2D eigenvalue weighted by molar-refractivity contribution is 0.235. The Balaban J connectivity index is 1.95. The number of allylic oxidation sites excluding steroid dienone is 4. The summed E-state index contributed by atoms with van der Waals surface area (Å²) in [4.78, 5) is 0. The summed E-state index contributed by atoms with van der Waals surface area (Å²) in [6, 6.07) is 0. The van der Waals surface area contributed by atoms with E-state index >= 15 is 0 Å². The molecule has 1 saturated carbocycles. The van der Waals surface area contributed by atoms with Crippen molar-refractivity contribution in [3.05, 3.63) is 23.3 Å². The number of hydrogen-bond acceptors (Lipinski definition) is 0. The average Bonchev–Trinajstić information content (AvgIpc) is 2.92. The standard InChI is InChI=1S/C15H24/c1-11(2)6-5-8-15(4)9-7-12(3)13-10-14(13)15/h6-7,13-14H,5,8-10H2,1-4H3/t13-,14-,15-/m0/s1. The fourth-order valence-corrected chi connectivity index (χ4v) is 3.14. The lowest BCUT2D eigenvalue weighted by atomic mass is 9.73. The Hall–Kier alpha value is -0.520. The number of hydrogen-bond donors (Lipinski definition) is 0. The first-order chi connectivity index (χ1) is 7.03. The number of fused-ring (bicyclic) bond motifs is 1. The van der Waals surface area contributed by atoms with Crippen LogP contribution in [0.1, 0.15) is 53.4 Å². The molecule has 0 aliphatic heterocycles. The Morgan fingerprint density at radius 3 is 2.93 bits per heavy atom. The molecular formula is C15H24. The number of rotatable bonds is 3. The fourth-order valence-electron chi connectivity index (χ4n) is 3.14. The van der Waals surface area contributed by atoms with E-state index in [2.05, 4.69) is 39.8 Å². The first kappa shape index (κ1) is 11.0. The molecule has 0 aromatic heterocycles. The van der Waals surface area contributed by atoms with Gasteiger partial charge in [0.2, 0.25) is 0 Å². The van der Waals surface area contributed by atoms with Gasteiger partial charge in [0.05, 0.1) is 0 Å². The zero-order chi connectivity index (χ0) is 11.1. The van der Waals surface area contributed by atoms with Crippen LogP contribution in [0, 0.1) is 17.3 Å². The van der Waals surface area contributed by atoms with E-state index in [0.717, 1.165) is 11.8 Å². The second-order valence-electron chi connectivity index (χ2n) is 6.08. The normalized spacial score (nSPS) is 38.0. The zero-order valence-electron chi connectivity index (χ0n) is 10.6. The molecule has 0 bridgehead atoms. The molecule has 0 saturated heterocycles. The molecule has 0 aromatic rings. The molecule has 0 N–H and O–H groups in total. The van der Waals surface area contributed by atoms with Gasteiger partial charge in [-0.2, -0.15) is 0 Å². The highest BCUT2D eigenvalue weighted by Crippen LogP contribution is 2.60. The Bertz CT molecular complexity index is 304. The quantitative estimate of drug-likeness (QED) is 0.583. The summed E-state index contributed by atoms with van der Waals surface area (Å²) in [5.41, 5.74) is 3.74. The molecular weight excluding hydrogens is 180 g/mol. The van der Waals surface area contributed by atoms with Gasteiger partial charge in [-0.05, 0) is 63.7 Å². The highest BCUT2D eigenvalue weighted by molar-refractivity contribution is 5.22. The predicted octanol–water partition coefficient (Wildman–Crippen LogP) is 4.73. The van der Waals surface area contributed by atoms with Crippen molar-refractivity contribution in [2.45, 2.75) is 53.4 Å². The largest absolute Gasteiger partial charge is 0.0859 e. The third kappa shape index (κ3) is 2.19. The van der Waals surface area contributed by atoms with Gasteiger partial charge in [-0.3, -0.25) is 0 Å². The van der Waals surface area contributed by atoms with Crippen molar-refractivity contribution in [3.63, 3.8) is 0 Å². The molecule has 0 heterocycles. The molecule has 0 nitrogen and oxygen atoms in total. The van der Waals surface area contributed by atoms with Crippen molar-refractivity contribution in [1.82, 2.24) is 0 Å². The fraction of sp³-hybridized carbons (Fsp3) is 0.733. The van der Waals surface area contributed by atoms with E-state index in [0.29, 0.717) is 5.41 Å². The van der Waals surface area contributed by atoms with Crippen LogP contribution in [-0.2, 0) is 0 Å².